The van der Waals surface area contributed by atoms with Gasteiger partial charge >= 0.3 is 5.97 Å². The zero-order valence-corrected chi connectivity index (χ0v) is 20.0. The zero-order valence-electron chi connectivity index (χ0n) is 19.1. The van der Waals surface area contributed by atoms with E-state index >= 15 is 0 Å². The first-order valence-corrected chi connectivity index (χ1v) is 13.2. The highest BCUT2D eigenvalue weighted by Gasteiger charge is 2.18. The fourth-order valence-electron chi connectivity index (χ4n) is 3.22. The second-order valence-electron chi connectivity index (χ2n) is 7.94. The van der Waals surface area contributed by atoms with Crippen LogP contribution in [0.5, 0.6) is 0 Å². The second-order valence-corrected chi connectivity index (χ2v) is 8.95. The number of rotatable bonds is 20. The minimum atomic E-state index is -5.08. The number of unbranched alkanes of at least 4 members (excludes halogenated alkanes) is 15. The van der Waals surface area contributed by atoms with Gasteiger partial charge in [-0.2, -0.15) is 0 Å². The van der Waals surface area contributed by atoms with Crippen molar-refractivity contribution in [1.29, 1.82) is 0 Å². The molecular formula is C24H41O6S-. The predicted octanol–water partition coefficient (Wildman–Crippen LogP) is 6.13. The molecule has 0 fully saturated rings. The molecule has 0 aromatic rings. The lowest BCUT2D eigenvalue weighted by Gasteiger charge is -2.09. The van der Waals surface area contributed by atoms with Gasteiger partial charge in [0.05, 0.1) is 0 Å². The summed E-state index contributed by atoms with van der Waals surface area (Å²) in [5.74, 6) is 3.18. The van der Waals surface area contributed by atoms with Crippen molar-refractivity contribution < 1.29 is 27.1 Å². The van der Waals surface area contributed by atoms with Crippen LogP contribution in [0.15, 0.2) is 12.2 Å². The van der Waals surface area contributed by atoms with Crippen molar-refractivity contribution in [3.05, 3.63) is 12.2 Å². The van der Waals surface area contributed by atoms with Gasteiger partial charge in [-0.25, -0.2) is 13.2 Å². The molecule has 0 saturated heterocycles. The standard InChI is InChI=1S/C24H42O6S/c1-2-3-4-5-6-7-8-9-10-11-12-13-14-15-16-17-18-19-20-21-22-23(24(25)26)30-31(27,28)29/h7-8,23H,2-6,9-20H2,1H3,(H,25,26)(H,27,28,29)/p-1/b8-7-. The molecule has 0 spiro atoms. The van der Waals surface area contributed by atoms with Crippen LogP contribution in [0.1, 0.15) is 116 Å². The van der Waals surface area contributed by atoms with Crippen molar-refractivity contribution in [2.45, 2.75) is 122 Å². The van der Waals surface area contributed by atoms with Crippen LogP contribution in [0.3, 0.4) is 0 Å². The Morgan fingerprint density at radius 3 is 1.77 bits per heavy atom. The lowest BCUT2D eigenvalue weighted by atomic mass is 10.0. The molecule has 0 radical (unpaired) electrons. The van der Waals surface area contributed by atoms with Gasteiger partial charge in [0, 0.05) is 6.42 Å². The fourth-order valence-corrected chi connectivity index (χ4v) is 3.59. The summed E-state index contributed by atoms with van der Waals surface area (Å²) in [6.45, 7) is 2.24. The van der Waals surface area contributed by atoms with Gasteiger partial charge in [-0.15, -0.1) is 0 Å². The van der Waals surface area contributed by atoms with Gasteiger partial charge in [-0.3, -0.25) is 4.18 Å². The van der Waals surface area contributed by atoms with Crippen LogP contribution >= 0.6 is 0 Å². The normalized spacial score (nSPS) is 12.6. The van der Waals surface area contributed by atoms with E-state index < -0.39 is 22.5 Å². The number of aliphatic carboxylic acids is 1. The number of carbonyl (C=O) groups is 1. The van der Waals surface area contributed by atoms with Gasteiger partial charge in [0.2, 0.25) is 16.5 Å². The maximum Gasteiger partial charge on any atom is 0.347 e. The smallest absolute Gasteiger partial charge is 0.347 e. The Balaban J connectivity index is 3.46. The lowest BCUT2D eigenvalue weighted by molar-refractivity contribution is -0.142. The molecule has 31 heavy (non-hydrogen) atoms. The predicted molar refractivity (Wildman–Crippen MR) is 123 cm³/mol. The number of allylic oxidation sites excluding steroid dienone is 2. The largest absolute Gasteiger partial charge is 0.725 e. The van der Waals surface area contributed by atoms with Gasteiger partial charge in [0.15, 0.2) is 0 Å². The van der Waals surface area contributed by atoms with Crippen LogP contribution in [-0.4, -0.2) is 30.2 Å². The summed E-state index contributed by atoms with van der Waals surface area (Å²) in [7, 11) is -5.08. The first kappa shape index (κ1) is 29.6. The number of carboxylic acid groups (broad SMARTS) is 1. The topological polar surface area (TPSA) is 104 Å². The molecule has 0 saturated carbocycles. The Morgan fingerprint density at radius 1 is 0.871 bits per heavy atom. The Labute approximate surface area is 189 Å². The van der Waals surface area contributed by atoms with Gasteiger partial charge < -0.3 is 9.66 Å². The molecule has 0 aliphatic heterocycles. The van der Waals surface area contributed by atoms with E-state index in [2.05, 4.69) is 35.1 Å². The van der Waals surface area contributed by atoms with E-state index in [1.165, 1.54) is 83.5 Å². The van der Waals surface area contributed by atoms with E-state index in [1.807, 2.05) is 0 Å². The molecule has 180 valence electrons. The van der Waals surface area contributed by atoms with Crippen molar-refractivity contribution in [2.24, 2.45) is 0 Å². The molecule has 0 aromatic carbocycles. The monoisotopic (exact) mass is 457 g/mol. The third-order valence-corrected chi connectivity index (χ3v) is 5.41. The second kappa shape index (κ2) is 20.5. The summed E-state index contributed by atoms with van der Waals surface area (Å²) < 4.78 is 35.2. The van der Waals surface area contributed by atoms with Crippen LogP contribution in [0.4, 0.5) is 0 Å². The average Bonchev–Trinajstić information content (AvgIpc) is 2.70. The summed E-state index contributed by atoms with van der Waals surface area (Å²) in [4.78, 5) is 10.8. The summed E-state index contributed by atoms with van der Waals surface area (Å²) in [6, 6.07) is 0. The molecule has 0 aromatic heterocycles. The summed E-state index contributed by atoms with van der Waals surface area (Å²) in [5.41, 5.74) is 0. The molecule has 1 N–H and O–H groups in total. The zero-order chi connectivity index (χ0) is 23.2. The Bertz CT molecular complexity index is 630. The molecule has 0 bridgehead atoms. The first-order chi connectivity index (χ1) is 14.9. The molecule has 0 rings (SSSR count). The highest BCUT2D eigenvalue weighted by Crippen LogP contribution is 2.12. The number of hydrogen-bond donors (Lipinski definition) is 1. The van der Waals surface area contributed by atoms with Crippen LogP contribution in [-0.2, 0) is 19.4 Å². The van der Waals surface area contributed by atoms with Crippen LogP contribution in [0.2, 0.25) is 0 Å². The Morgan fingerprint density at radius 2 is 1.32 bits per heavy atom. The van der Waals surface area contributed by atoms with Crippen molar-refractivity contribution in [2.75, 3.05) is 0 Å². The SMILES string of the molecule is CCCCCC/C=C\CCCCCCCCCCCCC#CC(OS(=O)(=O)[O-])C(=O)O. The Kier molecular flexibility index (Phi) is 19.6. The maximum atomic E-state index is 10.8. The molecule has 0 heterocycles. The third-order valence-electron chi connectivity index (χ3n) is 4.99. The maximum absolute atomic E-state index is 10.8. The minimum absolute atomic E-state index is 0.458. The van der Waals surface area contributed by atoms with Gasteiger partial charge in [-0.1, -0.05) is 102 Å². The van der Waals surface area contributed by atoms with Crippen molar-refractivity contribution in [1.82, 2.24) is 0 Å². The van der Waals surface area contributed by atoms with E-state index in [1.54, 1.807) is 0 Å². The van der Waals surface area contributed by atoms with Crippen LogP contribution in [0, 0.1) is 11.8 Å². The Hall–Kier alpha value is -1.36. The molecule has 1 atom stereocenters. The van der Waals surface area contributed by atoms with Crippen LogP contribution in [0.25, 0.3) is 0 Å². The van der Waals surface area contributed by atoms with Crippen molar-refractivity contribution in [3.63, 3.8) is 0 Å². The average molecular weight is 458 g/mol. The third kappa shape index (κ3) is 23.1. The van der Waals surface area contributed by atoms with Crippen molar-refractivity contribution in [3.8, 4) is 11.8 Å². The highest BCUT2D eigenvalue weighted by atomic mass is 32.3. The molecule has 0 aliphatic rings. The van der Waals surface area contributed by atoms with Gasteiger partial charge in [-0.05, 0) is 32.1 Å². The van der Waals surface area contributed by atoms with Gasteiger partial charge in [0.25, 0.3) is 0 Å². The quantitative estimate of drug-likeness (QED) is 0.0775. The van der Waals surface area contributed by atoms with Crippen molar-refractivity contribution >= 4 is 16.4 Å². The summed E-state index contributed by atoms with van der Waals surface area (Å²) in [6.07, 6.45) is 22.8. The molecule has 0 amide bonds. The van der Waals surface area contributed by atoms with Gasteiger partial charge in [0.1, 0.15) is 0 Å². The summed E-state index contributed by atoms with van der Waals surface area (Å²) in [5, 5.41) is 8.76. The molecular weight excluding hydrogens is 416 g/mol. The number of hydrogen-bond acceptors (Lipinski definition) is 5. The van der Waals surface area contributed by atoms with E-state index in [9.17, 15) is 17.8 Å². The molecule has 7 heteroatoms. The molecule has 6 nitrogen and oxygen atoms in total. The van der Waals surface area contributed by atoms with E-state index in [4.69, 9.17) is 5.11 Å². The van der Waals surface area contributed by atoms with Crippen LogP contribution < -0.4 is 0 Å². The molecule has 1 unspecified atom stereocenters. The lowest BCUT2D eigenvalue weighted by Crippen LogP contribution is -2.25. The van der Waals surface area contributed by atoms with E-state index in [-0.39, 0.29) is 0 Å². The highest BCUT2D eigenvalue weighted by molar-refractivity contribution is 7.80. The van der Waals surface area contributed by atoms with E-state index in [0.717, 1.165) is 19.3 Å². The summed E-state index contributed by atoms with van der Waals surface area (Å²) >= 11 is 0. The fraction of sp³-hybridized carbons (Fsp3) is 0.792. The first-order valence-electron chi connectivity index (χ1n) is 11.9. The molecule has 0 aliphatic carbocycles. The van der Waals surface area contributed by atoms with E-state index in [0.29, 0.717) is 6.42 Å². The number of carboxylic acids is 1. The minimum Gasteiger partial charge on any atom is -0.725 e.